The molecule has 2 atom stereocenters. The molecule has 0 aromatic heterocycles. The molecule has 0 aliphatic carbocycles. The Morgan fingerprint density at radius 1 is 0.957 bits per heavy atom. The van der Waals surface area contributed by atoms with Crippen molar-refractivity contribution in [2.24, 2.45) is 0 Å². The summed E-state index contributed by atoms with van der Waals surface area (Å²) in [6.07, 6.45) is 6.06. The summed E-state index contributed by atoms with van der Waals surface area (Å²) in [7, 11) is 0. The van der Waals surface area contributed by atoms with Crippen LogP contribution in [0.5, 0.6) is 0 Å². The summed E-state index contributed by atoms with van der Waals surface area (Å²) >= 11 is 0. The summed E-state index contributed by atoms with van der Waals surface area (Å²) in [6, 6.07) is 5.73. The molecule has 1 aromatic carbocycles. The van der Waals surface area contributed by atoms with Gasteiger partial charge in [-0.3, -0.25) is 0 Å². The van der Waals surface area contributed by atoms with E-state index in [4.69, 9.17) is 11.0 Å². The lowest BCUT2D eigenvalue weighted by molar-refractivity contribution is 0.333. The standard InChI is InChI=1S/C19H28N4/c1-6-20-11-13-22(16(20)4)18-9-8-10-19(15(18)3)23-14-12-21(7-2)17(23)5/h8-14,16-17H,6-7H2,1-5H3/t16-,17+/i1D3,2D3,6D2/m0/s1. The van der Waals surface area contributed by atoms with Gasteiger partial charge in [-0.05, 0) is 52.2 Å². The number of anilines is 2. The molecule has 0 spiro atoms. The molecule has 0 fully saturated rings. The second kappa shape index (κ2) is 6.19. The molecule has 4 nitrogen and oxygen atoms in total. The first-order valence-corrected chi connectivity index (χ1v) is 7.72. The Morgan fingerprint density at radius 3 is 2.17 bits per heavy atom. The van der Waals surface area contributed by atoms with E-state index in [9.17, 15) is 0 Å². The Kier molecular flexibility index (Phi) is 2.33. The summed E-state index contributed by atoms with van der Waals surface area (Å²) in [6.45, 7) is -1.78. The van der Waals surface area contributed by atoms with Crippen LogP contribution < -0.4 is 9.80 Å². The molecular weight excluding hydrogens is 284 g/mol. The van der Waals surface area contributed by atoms with Gasteiger partial charge in [0.05, 0.1) is 0 Å². The molecule has 3 rings (SSSR count). The Labute approximate surface area is 151 Å². The number of hydrogen-bond donors (Lipinski definition) is 0. The van der Waals surface area contributed by atoms with Gasteiger partial charge in [0.25, 0.3) is 0 Å². The van der Waals surface area contributed by atoms with Crippen molar-refractivity contribution in [1.82, 2.24) is 9.80 Å². The van der Waals surface area contributed by atoms with E-state index in [0.29, 0.717) is 0 Å². The van der Waals surface area contributed by atoms with Gasteiger partial charge >= 0.3 is 0 Å². The highest BCUT2D eigenvalue weighted by atomic mass is 15.4. The van der Waals surface area contributed by atoms with Gasteiger partial charge in [0.2, 0.25) is 0 Å². The summed E-state index contributed by atoms with van der Waals surface area (Å²) in [5.41, 5.74) is 2.63. The molecule has 0 unspecified atom stereocenters. The molecule has 0 radical (unpaired) electrons. The lowest BCUT2D eigenvalue weighted by atomic mass is 10.1. The fourth-order valence-electron chi connectivity index (χ4n) is 3.14. The van der Waals surface area contributed by atoms with Gasteiger partial charge in [0.1, 0.15) is 12.3 Å². The van der Waals surface area contributed by atoms with E-state index in [2.05, 4.69) is 0 Å². The number of benzene rings is 1. The van der Waals surface area contributed by atoms with E-state index < -0.39 is 26.4 Å². The van der Waals surface area contributed by atoms with Gasteiger partial charge < -0.3 is 19.6 Å². The van der Waals surface area contributed by atoms with E-state index in [1.807, 2.05) is 48.0 Å². The average molecular weight is 321 g/mol. The van der Waals surface area contributed by atoms with Gasteiger partial charge in [0, 0.05) is 60.2 Å². The Morgan fingerprint density at radius 2 is 1.57 bits per heavy atom. The number of nitrogens with zero attached hydrogens (tertiary/aromatic N) is 4. The molecule has 0 N–H and O–H groups in total. The first-order valence-electron chi connectivity index (χ1n) is 11.7. The predicted molar refractivity (Wildman–Crippen MR) is 98.1 cm³/mol. The van der Waals surface area contributed by atoms with Crippen molar-refractivity contribution in [1.29, 1.82) is 0 Å². The first kappa shape index (κ1) is 8.67. The quantitative estimate of drug-likeness (QED) is 0.834. The van der Waals surface area contributed by atoms with Crippen molar-refractivity contribution in [2.75, 3.05) is 22.8 Å². The van der Waals surface area contributed by atoms with Crippen molar-refractivity contribution >= 4 is 11.4 Å². The highest BCUT2D eigenvalue weighted by Crippen LogP contribution is 2.35. The molecule has 0 amide bonds. The van der Waals surface area contributed by atoms with Gasteiger partial charge in [-0.25, -0.2) is 0 Å². The summed E-state index contributed by atoms with van der Waals surface area (Å²) in [4.78, 5) is 6.81. The second-order valence-corrected chi connectivity index (χ2v) is 5.79. The molecule has 2 aliphatic heterocycles. The zero-order valence-electron chi connectivity index (χ0n) is 21.7. The van der Waals surface area contributed by atoms with E-state index in [1.165, 1.54) is 11.1 Å². The topological polar surface area (TPSA) is 13.0 Å². The largest absolute Gasteiger partial charge is 0.356 e. The third-order valence-electron chi connectivity index (χ3n) is 4.64. The van der Waals surface area contributed by atoms with Crippen molar-refractivity contribution in [3.8, 4) is 0 Å². The van der Waals surface area contributed by atoms with E-state index >= 15 is 0 Å². The number of hydrogen-bond acceptors (Lipinski definition) is 4. The van der Waals surface area contributed by atoms with Crippen molar-refractivity contribution < 1.29 is 11.0 Å². The first-order chi connectivity index (χ1) is 14.1. The fourth-order valence-corrected chi connectivity index (χ4v) is 3.14. The molecule has 1 aromatic rings. The van der Waals surface area contributed by atoms with E-state index in [0.717, 1.165) is 16.9 Å². The summed E-state index contributed by atoms with van der Waals surface area (Å²) in [5.74, 6) is 0. The molecule has 0 saturated carbocycles. The smallest absolute Gasteiger partial charge is 0.102 e. The molecule has 2 aliphatic rings. The molecular formula is C19H28N4. The predicted octanol–water partition coefficient (Wildman–Crippen LogP) is 3.91. The van der Waals surface area contributed by atoms with E-state index in [-0.39, 0.29) is 12.7 Å². The van der Waals surface area contributed by atoms with Crippen LogP contribution in [0.1, 0.15) is 44.1 Å². The second-order valence-electron chi connectivity index (χ2n) is 5.79. The maximum atomic E-state index is 8.09. The zero-order chi connectivity index (χ0) is 23.4. The summed E-state index contributed by atoms with van der Waals surface area (Å²) in [5, 5.41) is 0. The van der Waals surface area contributed by atoms with Crippen LogP contribution >= 0.6 is 0 Å². The van der Waals surface area contributed by atoms with Crippen LogP contribution in [0.4, 0.5) is 11.4 Å². The van der Waals surface area contributed by atoms with E-state index in [1.54, 1.807) is 24.2 Å². The van der Waals surface area contributed by atoms with Crippen LogP contribution in [0.3, 0.4) is 0 Å². The molecule has 23 heavy (non-hydrogen) atoms. The summed E-state index contributed by atoms with van der Waals surface area (Å²) < 4.78 is 61.5. The van der Waals surface area contributed by atoms with Gasteiger partial charge in [-0.2, -0.15) is 0 Å². The van der Waals surface area contributed by atoms with Crippen LogP contribution in [0, 0.1) is 6.92 Å². The van der Waals surface area contributed by atoms with Gasteiger partial charge in [-0.1, -0.05) is 6.07 Å². The normalized spacial score (nSPS) is 30.4. The number of rotatable bonds is 4. The maximum absolute atomic E-state index is 8.09. The molecule has 2 heterocycles. The van der Waals surface area contributed by atoms with Crippen molar-refractivity contribution in [3.63, 3.8) is 0 Å². The Bertz CT molecular complexity index is 877. The minimum Gasteiger partial charge on any atom is -0.356 e. The third kappa shape index (κ3) is 2.56. The molecule has 0 bridgehead atoms. The van der Waals surface area contributed by atoms with Crippen LogP contribution in [-0.4, -0.2) is 35.2 Å². The van der Waals surface area contributed by atoms with Crippen LogP contribution in [0.2, 0.25) is 0 Å². The fraction of sp³-hybridized carbons (Fsp3) is 0.474. The SMILES string of the molecule is [2H]C([2H])([2H])CN1C=CN(c2cccc(N3C=CN(C([2H])([2H])C([2H])([2H])[2H])[C@@H]3C)c2C)[C@@H]1C. The molecule has 0 saturated heterocycles. The molecule has 124 valence electrons. The third-order valence-corrected chi connectivity index (χ3v) is 4.64. The maximum Gasteiger partial charge on any atom is 0.102 e. The van der Waals surface area contributed by atoms with Gasteiger partial charge in [0.15, 0.2) is 0 Å². The zero-order valence-corrected chi connectivity index (χ0v) is 13.7. The van der Waals surface area contributed by atoms with Gasteiger partial charge in [-0.15, -0.1) is 0 Å². The highest BCUT2D eigenvalue weighted by molar-refractivity contribution is 5.70. The Balaban J connectivity index is 1.86. The van der Waals surface area contributed by atoms with Crippen LogP contribution in [0.15, 0.2) is 43.0 Å². The lowest BCUT2D eigenvalue weighted by Gasteiger charge is -2.33. The van der Waals surface area contributed by atoms with Crippen molar-refractivity contribution in [3.05, 3.63) is 48.6 Å². The monoisotopic (exact) mass is 320 g/mol. The Hall–Kier alpha value is -2.10. The van der Waals surface area contributed by atoms with Crippen LogP contribution in [-0.2, 0) is 0 Å². The minimum atomic E-state index is -2.79. The lowest BCUT2D eigenvalue weighted by Crippen LogP contribution is -2.37. The minimum absolute atomic E-state index is 0.0506. The van der Waals surface area contributed by atoms with Crippen molar-refractivity contribution in [2.45, 2.75) is 46.8 Å². The average Bonchev–Trinajstić information content (AvgIpc) is 3.17. The van der Waals surface area contributed by atoms with Crippen LogP contribution in [0.25, 0.3) is 0 Å². The highest BCUT2D eigenvalue weighted by Gasteiger charge is 2.27. The molecule has 4 heteroatoms.